The van der Waals surface area contributed by atoms with Crippen LogP contribution in [0.25, 0.3) is 16.4 Å². The predicted molar refractivity (Wildman–Crippen MR) is 103 cm³/mol. The summed E-state index contributed by atoms with van der Waals surface area (Å²) >= 11 is 7.28. The smallest absolute Gasteiger partial charge is 0.294 e. The number of hydrogen-bond donors (Lipinski definition) is 2. The van der Waals surface area contributed by atoms with Crippen LogP contribution in [0, 0.1) is 5.82 Å². The first-order valence-corrected chi connectivity index (χ1v) is 9.17. The molecular weight excluding hydrogens is 423 g/mol. The quantitative estimate of drug-likeness (QED) is 0.365. The lowest BCUT2D eigenvalue weighted by atomic mass is 10.2. The lowest BCUT2D eigenvalue weighted by molar-refractivity contribution is 0.0950. The molecule has 0 aliphatic rings. The maximum Gasteiger partial charge on any atom is 0.294 e. The number of halogens is 2. The van der Waals surface area contributed by atoms with Gasteiger partial charge in [0.05, 0.1) is 16.1 Å². The molecule has 10 nitrogen and oxygen atoms in total. The van der Waals surface area contributed by atoms with E-state index in [1.165, 1.54) is 34.2 Å². The van der Waals surface area contributed by atoms with Crippen LogP contribution in [-0.2, 0) is 0 Å². The lowest BCUT2D eigenvalue weighted by Gasteiger charge is -2.03. The van der Waals surface area contributed by atoms with Crippen LogP contribution < -0.4 is 11.2 Å². The Labute approximate surface area is 170 Å². The van der Waals surface area contributed by atoms with E-state index in [0.717, 1.165) is 6.21 Å². The fourth-order valence-corrected chi connectivity index (χ4v) is 3.37. The summed E-state index contributed by atoms with van der Waals surface area (Å²) in [5.74, 6) is -1.19. The number of nitrogen functional groups attached to an aromatic ring is 1. The summed E-state index contributed by atoms with van der Waals surface area (Å²) < 4.78 is 19.6. The lowest BCUT2D eigenvalue weighted by Crippen LogP contribution is -2.19. The average molecular weight is 433 g/mol. The summed E-state index contributed by atoms with van der Waals surface area (Å²) in [6, 6.07) is 7.75. The third-order valence-corrected chi connectivity index (χ3v) is 4.90. The first kappa shape index (κ1) is 18.7. The number of carbonyl (C=O) groups excluding carboxylic acids is 1. The Bertz CT molecular complexity index is 1180. The van der Waals surface area contributed by atoms with Crippen LogP contribution in [0.1, 0.15) is 16.1 Å². The molecule has 0 radical (unpaired) electrons. The number of thiophene rings is 1. The molecule has 0 atom stereocenters. The van der Waals surface area contributed by atoms with Crippen LogP contribution in [-0.4, -0.2) is 37.4 Å². The zero-order valence-electron chi connectivity index (χ0n) is 14.3. The number of carbonyl (C=O) groups is 1. The number of nitrogens with two attached hydrogens (primary N) is 1. The summed E-state index contributed by atoms with van der Waals surface area (Å²) in [6.45, 7) is 0. The third-order valence-electron chi connectivity index (χ3n) is 3.70. The summed E-state index contributed by atoms with van der Waals surface area (Å²) in [5, 5.41) is 20.7. The second kappa shape index (κ2) is 7.77. The molecule has 0 spiro atoms. The first-order chi connectivity index (χ1) is 14.1. The van der Waals surface area contributed by atoms with Crippen molar-refractivity contribution in [3.8, 4) is 16.4 Å². The molecule has 146 valence electrons. The normalized spacial score (nSPS) is 11.2. The van der Waals surface area contributed by atoms with E-state index >= 15 is 0 Å². The Balaban J connectivity index is 1.66. The number of aromatic nitrogens is 5. The van der Waals surface area contributed by atoms with Gasteiger partial charge in [0.25, 0.3) is 5.91 Å². The van der Waals surface area contributed by atoms with Crippen LogP contribution in [0.4, 0.5) is 10.2 Å². The molecule has 3 aromatic heterocycles. The molecule has 0 saturated carbocycles. The van der Waals surface area contributed by atoms with Gasteiger partial charge in [-0.1, -0.05) is 28.9 Å². The first-order valence-electron chi connectivity index (χ1n) is 7.91. The second-order valence-corrected chi connectivity index (χ2v) is 6.84. The molecule has 0 unspecified atom stereocenters. The molecule has 13 heteroatoms. The number of nitrogens with zero attached hydrogens (tertiary/aromatic N) is 6. The van der Waals surface area contributed by atoms with Gasteiger partial charge in [0.1, 0.15) is 11.5 Å². The molecule has 1 amide bonds. The van der Waals surface area contributed by atoms with E-state index in [0.29, 0.717) is 10.6 Å². The van der Waals surface area contributed by atoms with Gasteiger partial charge in [-0.05, 0) is 33.9 Å². The Morgan fingerprint density at radius 3 is 2.90 bits per heavy atom. The van der Waals surface area contributed by atoms with Gasteiger partial charge in [-0.2, -0.15) is 9.78 Å². The summed E-state index contributed by atoms with van der Waals surface area (Å²) in [4.78, 5) is 13.3. The molecule has 0 aliphatic carbocycles. The van der Waals surface area contributed by atoms with Gasteiger partial charge in [0, 0.05) is 5.56 Å². The number of rotatable bonds is 5. The van der Waals surface area contributed by atoms with Gasteiger partial charge in [0.15, 0.2) is 5.69 Å². The number of nitrogens with one attached hydrogen (secondary N) is 1. The Kier molecular flexibility index (Phi) is 5.01. The van der Waals surface area contributed by atoms with Crippen molar-refractivity contribution in [1.29, 1.82) is 0 Å². The number of hydrogen-bond acceptors (Lipinski definition) is 9. The SMILES string of the molecule is Nc1nonc1-n1nnc(C(=O)N/N=C/c2c(F)cccc2Cl)c1-c1cccs1. The molecule has 1 aromatic carbocycles. The Hall–Kier alpha value is -3.64. The van der Waals surface area contributed by atoms with Crippen molar-refractivity contribution in [3.05, 3.63) is 57.8 Å². The maximum atomic E-state index is 13.8. The largest absolute Gasteiger partial charge is 0.378 e. The van der Waals surface area contributed by atoms with E-state index in [9.17, 15) is 9.18 Å². The van der Waals surface area contributed by atoms with Crippen LogP contribution in [0.15, 0.2) is 45.4 Å². The van der Waals surface area contributed by atoms with Gasteiger partial charge < -0.3 is 5.73 Å². The van der Waals surface area contributed by atoms with Crippen molar-refractivity contribution in [2.75, 3.05) is 5.73 Å². The summed E-state index contributed by atoms with van der Waals surface area (Å²) in [7, 11) is 0. The number of amides is 1. The van der Waals surface area contributed by atoms with Gasteiger partial charge in [0.2, 0.25) is 11.6 Å². The Morgan fingerprint density at radius 2 is 2.21 bits per heavy atom. The third kappa shape index (κ3) is 3.58. The minimum Gasteiger partial charge on any atom is -0.378 e. The van der Waals surface area contributed by atoms with E-state index in [-0.39, 0.29) is 27.9 Å². The van der Waals surface area contributed by atoms with Crippen molar-refractivity contribution in [3.63, 3.8) is 0 Å². The average Bonchev–Trinajstić information content (AvgIpc) is 3.43. The highest BCUT2D eigenvalue weighted by Gasteiger charge is 2.25. The van der Waals surface area contributed by atoms with Gasteiger partial charge in [-0.15, -0.1) is 16.4 Å². The van der Waals surface area contributed by atoms with Crippen molar-refractivity contribution < 1.29 is 13.8 Å². The van der Waals surface area contributed by atoms with Crippen LogP contribution in [0.5, 0.6) is 0 Å². The highest BCUT2D eigenvalue weighted by molar-refractivity contribution is 7.13. The minimum atomic E-state index is -0.682. The van der Waals surface area contributed by atoms with Crippen LogP contribution in [0.3, 0.4) is 0 Å². The molecule has 29 heavy (non-hydrogen) atoms. The summed E-state index contributed by atoms with van der Waals surface area (Å²) in [5.41, 5.74) is 8.32. The number of benzene rings is 1. The Morgan fingerprint density at radius 1 is 1.34 bits per heavy atom. The van der Waals surface area contributed by atoms with E-state index in [4.69, 9.17) is 17.3 Å². The minimum absolute atomic E-state index is 0.0214. The monoisotopic (exact) mass is 432 g/mol. The van der Waals surface area contributed by atoms with Crippen molar-refractivity contribution in [2.24, 2.45) is 5.10 Å². The van der Waals surface area contributed by atoms with E-state index in [1.54, 1.807) is 12.1 Å². The fourth-order valence-electron chi connectivity index (χ4n) is 2.40. The highest BCUT2D eigenvalue weighted by Crippen LogP contribution is 2.29. The van der Waals surface area contributed by atoms with Gasteiger partial charge in [-0.25, -0.2) is 14.4 Å². The molecule has 3 heterocycles. The molecule has 4 aromatic rings. The second-order valence-electron chi connectivity index (χ2n) is 5.48. The zero-order valence-corrected chi connectivity index (χ0v) is 15.9. The fraction of sp³-hybridized carbons (Fsp3) is 0. The van der Waals surface area contributed by atoms with Crippen molar-refractivity contribution in [1.82, 2.24) is 30.7 Å². The maximum absolute atomic E-state index is 13.8. The molecule has 0 aliphatic heterocycles. The molecule has 3 N–H and O–H groups in total. The topological polar surface area (TPSA) is 137 Å². The van der Waals surface area contributed by atoms with Gasteiger partial charge >= 0.3 is 0 Å². The van der Waals surface area contributed by atoms with Gasteiger partial charge in [-0.3, -0.25) is 4.79 Å². The van der Waals surface area contributed by atoms with Crippen LogP contribution >= 0.6 is 22.9 Å². The molecule has 4 rings (SSSR count). The zero-order chi connectivity index (χ0) is 20.4. The number of anilines is 1. The molecule has 0 bridgehead atoms. The van der Waals surface area contributed by atoms with E-state index in [1.807, 2.05) is 5.38 Å². The highest BCUT2D eigenvalue weighted by atomic mass is 35.5. The van der Waals surface area contributed by atoms with E-state index < -0.39 is 11.7 Å². The standard InChI is InChI=1S/C16H10ClFN8O2S/c17-9-3-1-4-10(18)8(9)7-20-22-16(27)12-13(11-5-2-6-29-11)26(25-21-12)15-14(19)23-28-24-15/h1-7H,(H2,19,23)(H,22,27)/b20-7+. The van der Waals surface area contributed by atoms with Crippen molar-refractivity contribution >= 4 is 40.9 Å². The molecular formula is C16H10ClFN8O2S. The van der Waals surface area contributed by atoms with Crippen LogP contribution in [0.2, 0.25) is 5.02 Å². The predicted octanol–water partition coefficient (Wildman–Crippen LogP) is 2.52. The molecule has 0 fully saturated rings. The molecule has 0 saturated heterocycles. The summed E-state index contributed by atoms with van der Waals surface area (Å²) in [6.07, 6.45) is 1.10. The van der Waals surface area contributed by atoms with E-state index in [2.05, 4.69) is 35.8 Å². The van der Waals surface area contributed by atoms with Crippen molar-refractivity contribution in [2.45, 2.75) is 0 Å². The number of hydrazone groups is 1.